The number of pyridine rings is 1. The maximum atomic E-state index is 12.8. The van der Waals surface area contributed by atoms with E-state index in [0.29, 0.717) is 17.5 Å². The van der Waals surface area contributed by atoms with E-state index in [1.165, 1.54) is 24.3 Å². The van der Waals surface area contributed by atoms with E-state index in [9.17, 15) is 17.6 Å². The molecule has 116 valence electrons. The molecule has 1 aromatic carbocycles. The Labute approximate surface area is 128 Å². The molecule has 1 N–H and O–H groups in total. The van der Waals surface area contributed by atoms with Crippen LogP contribution >= 0.6 is 11.6 Å². The second kappa shape index (κ2) is 6.31. The summed E-state index contributed by atoms with van der Waals surface area (Å²) in [5.41, 5.74) is 2.69. The quantitative estimate of drug-likeness (QED) is 0.501. The van der Waals surface area contributed by atoms with E-state index in [-0.39, 0.29) is 16.7 Å². The highest BCUT2D eigenvalue weighted by Gasteiger charge is 2.31. The molecule has 22 heavy (non-hydrogen) atoms. The molecule has 0 aliphatic heterocycles. The van der Waals surface area contributed by atoms with Gasteiger partial charge in [0.05, 0.1) is 16.3 Å². The van der Waals surface area contributed by atoms with Crippen molar-refractivity contribution in [3.63, 3.8) is 0 Å². The van der Waals surface area contributed by atoms with Gasteiger partial charge in [-0.05, 0) is 30.7 Å². The van der Waals surface area contributed by atoms with Crippen molar-refractivity contribution in [1.29, 1.82) is 0 Å². The summed E-state index contributed by atoms with van der Waals surface area (Å²) in [7, 11) is 0. The molecule has 0 saturated carbocycles. The summed E-state index contributed by atoms with van der Waals surface area (Å²) < 4.78 is 50.3. The summed E-state index contributed by atoms with van der Waals surface area (Å²) >= 11 is 5.74. The Bertz CT molecular complexity index is 696. The maximum Gasteiger partial charge on any atom is 0.417 e. The Morgan fingerprint density at radius 3 is 2.41 bits per heavy atom. The summed E-state index contributed by atoms with van der Waals surface area (Å²) in [6, 6.07) is 6.37. The predicted molar refractivity (Wildman–Crippen MR) is 76.5 cm³/mol. The molecule has 0 aliphatic carbocycles. The van der Waals surface area contributed by atoms with Crippen LogP contribution in [-0.2, 0) is 6.18 Å². The summed E-state index contributed by atoms with van der Waals surface area (Å²) in [5, 5.41) is 3.76. The smallest absolute Gasteiger partial charge is 0.260 e. The SMILES string of the molecule is CC(=NNc1ncc(C(F)(F)F)cc1Cl)c1ccc(F)cc1. The third-order valence-corrected chi connectivity index (χ3v) is 3.05. The molecule has 0 bridgehead atoms. The fraction of sp³-hybridized carbons (Fsp3) is 0.143. The summed E-state index contributed by atoms with van der Waals surface area (Å²) in [6.07, 6.45) is -3.85. The van der Waals surface area contributed by atoms with Gasteiger partial charge >= 0.3 is 6.18 Å². The zero-order valence-corrected chi connectivity index (χ0v) is 12.0. The van der Waals surface area contributed by atoms with Crippen molar-refractivity contribution in [1.82, 2.24) is 4.98 Å². The van der Waals surface area contributed by atoms with Crippen LogP contribution in [0, 0.1) is 5.82 Å². The van der Waals surface area contributed by atoms with Gasteiger partial charge in [0.1, 0.15) is 5.82 Å². The first-order chi connectivity index (χ1) is 10.3. The van der Waals surface area contributed by atoms with Gasteiger partial charge in [-0.25, -0.2) is 9.37 Å². The van der Waals surface area contributed by atoms with Crippen LogP contribution in [0.25, 0.3) is 0 Å². The molecule has 8 heteroatoms. The van der Waals surface area contributed by atoms with Gasteiger partial charge in [-0.3, -0.25) is 5.43 Å². The zero-order chi connectivity index (χ0) is 16.3. The van der Waals surface area contributed by atoms with E-state index in [1.807, 2.05) is 0 Å². The second-order valence-electron chi connectivity index (χ2n) is 4.37. The Kier molecular flexibility index (Phi) is 4.65. The summed E-state index contributed by atoms with van der Waals surface area (Å²) in [5.74, 6) is -0.381. The van der Waals surface area contributed by atoms with Gasteiger partial charge in [-0.15, -0.1) is 0 Å². The van der Waals surface area contributed by atoms with Crippen molar-refractivity contribution in [3.8, 4) is 0 Å². The van der Waals surface area contributed by atoms with Crippen molar-refractivity contribution < 1.29 is 17.6 Å². The van der Waals surface area contributed by atoms with Crippen molar-refractivity contribution in [2.24, 2.45) is 5.10 Å². The van der Waals surface area contributed by atoms with Crippen LogP contribution in [0.15, 0.2) is 41.6 Å². The van der Waals surface area contributed by atoms with E-state index < -0.39 is 11.7 Å². The molecule has 0 atom stereocenters. The van der Waals surface area contributed by atoms with Crippen molar-refractivity contribution in [2.45, 2.75) is 13.1 Å². The second-order valence-corrected chi connectivity index (χ2v) is 4.78. The van der Waals surface area contributed by atoms with Crippen LogP contribution in [0.2, 0.25) is 5.02 Å². The number of nitrogens with one attached hydrogen (secondary N) is 1. The number of anilines is 1. The van der Waals surface area contributed by atoms with Gasteiger partial charge in [0.2, 0.25) is 0 Å². The first kappa shape index (κ1) is 16.2. The minimum absolute atomic E-state index is 0.00358. The van der Waals surface area contributed by atoms with Gasteiger partial charge in [0.15, 0.2) is 5.82 Å². The number of hydrogen-bond acceptors (Lipinski definition) is 3. The molecule has 2 rings (SSSR count). The molecule has 0 fully saturated rings. The lowest BCUT2D eigenvalue weighted by atomic mass is 10.1. The average Bonchev–Trinajstić information content (AvgIpc) is 2.45. The van der Waals surface area contributed by atoms with Crippen molar-refractivity contribution in [3.05, 3.63) is 58.5 Å². The molecule has 0 saturated heterocycles. The van der Waals surface area contributed by atoms with Crippen LogP contribution in [0.1, 0.15) is 18.1 Å². The number of benzene rings is 1. The summed E-state index contributed by atoms with van der Waals surface area (Å²) in [4.78, 5) is 3.59. The summed E-state index contributed by atoms with van der Waals surface area (Å²) in [6.45, 7) is 1.65. The lowest BCUT2D eigenvalue weighted by Gasteiger charge is -2.09. The molecule has 0 unspecified atom stereocenters. The lowest BCUT2D eigenvalue weighted by molar-refractivity contribution is -0.137. The standard InChI is InChI=1S/C14H10ClF4N3/c1-8(9-2-4-11(16)5-3-9)21-22-13-12(15)6-10(7-20-13)14(17,18)19/h2-7H,1H3,(H,20,22). The van der Waals surface area contributed by atoms with Gasteiger partial charge < -0.3 is 0 Å². The first-order valence-electron chi connectivity index (χ1n) is 6.06. The van der Waals surface area contributed by atoms with E-state index in [1.54, 1.807) is 6.92 Å². The predicted octanol–water partition coefficient (Wildman–Crippen LogP) is 4.73. The molecule has 1 heterocycles. The van der Waals surface area contributed by atoms with E-state index >= 15 is 0 Å². The number of hydrogen-bond donors (Lipinski definition) is 1. The number of hydrazone groups is 1. The van der Waals surface area contributed by atoms with Crippen molar-refractivity contribution in [2.75, 3.05) is 5.43 Å². The Hall–Kier alpha value is -2.15. The molecule has 3 nitrogen and oxygen atoms in total. The number of halogens is 5. The third-order valence-electron chi connectivity index (χ3n) is 2.76. The van der Waals surface area contributed by atoms with Gasteiger partial charge in [-0.2, -0.15) is 18.3 Å². The normalized spacial score (nSPS) is 12.4. The largest absolute Gasteiger partial charge is 0.417 e. The third kappa shape index (κ3) is 3.94. The van der Waals surface area contributed by atoms with Crippen molar-refractivity contribution >= 4 is 23.1 Å². The topological polar surface area (TPSA) is 37.3 Å². The number of aromatic nitrogens is 1. The minimum atomic E-state index is -4.51. The number of nitrogens with zero attached hydrogens (tertiary/aromatic N) is 2. The Morgan fingerprint density at radius 1 is 1.23 bits per heavy atom. The van der Waals surface area contributed by atoms with Crippen LogP contribution in [0.5, 0.6) is 0 Å². The number of alkyl halides is 3. The Morgan fingerprint density at radius 2 is 1.86 bits per heavy atom. The maximum absolute atomic E-state index is 12.8. The van der Waals surface area contributed by atoms with Gasteiger partial charge in [0, 0.05) is 6.20 Å². The highest BCUT2D eigenvalue weighted by atomic mass is 35.5. The highest BCUT2D eigenvalue weighted by molar-refractivity contribution is 6.33. The monoisotopic (exact) mass is 331 g/mol. The highest BCUT2D eigenvalue weighted by Crippen LogP contribution is 2.32. The van der Waals surface area contributed by atoms with Crippen LogP contribution in [0.3, 0.4) is 0 Å². The Balaban J connectivity index is 2.17. The van der Waals surface area contributed by atoms with Gasteiger partial charge in [0.25, 0.3) is 0 Å². The lowest BCUT2D eigenvalue weighted by Crippen LogP contribution is -2.07. The van der Waals surface area contributed by atoms with Crippen LogP contribution in [0.4, 0.5) is 23.4 Å². The molecule has 2 aromatic rings. The molecule has 0 spiro atoms. The molecular weight excluding hydrogens is 322 g/mol. The van der Waals surface area contributed by atoms with Gasteiger partial charge in [-0.1, -0.05) is 23.7 Å². The minimum Gasteiger partial charge on any atom is -0.260 e. The first-order valence-corrected chi connectivity index (χ1v) is 6.44. The van der Waals surface area contributed by atoms with E-state index in [4.69, 9.17) is 11.6 Å². The molecule has 0 amide bonds. The molecule has 1 aromatic heterocycles. The van der Waals surface area contributed by atoms with Crippen LogP contribution < -0.4 is 5.43 Å². The fourth-order valence-corrected chi connectivity index (χ4v) is 1.78. The molecular formula is C14H10ClF4N3. The zero-order valence-electron chi connectivity index (χ0n) is 11.2. The number of rotatable bonds is 3. The molecule has 0 radical (unpaired) electrons. The average molecular weight is 332 g/mol. The molecule has 0 aliphatic rings. The van der Waals surface area contributed by atoms with E-state index in [0.717, 1.165) is 6.07 Å². The fourth-order valence-electron chi connectivity index (χ4n) is 1.57. The van der Waals surface area contributed by atoms with E-state index in [2.05, 4.69) is 15.5 Å². The van der Waals surface area contributed by atoms with Crippen LogP contribution in [-0.4, -0.2) is 10.7 Å².